The lowest BCUT2D eigenvalue weighted by atomic mass is 9.85. The van der Waals surface area contributed by atoms with Crippen LogP contribution in [0.3, 0.4) is 0 Å². The van der Waals surface area contributed by atoms with Crippen molar-refractivity contribution < 1.29 is 26.9 Å². The van der Waals surface area contributed by atoms with E-state index < -0.39 is 51.5 Å². The number of hydrogen-bond donors (Lipinski definition) is 2. The number of alkyl halides is 2. The number of aliphatic hydroxyl groups excluding tert-OH is 1. The average Bonchev–Trinajstić information content (AvgIpc) is 2.46. The minimum atomic E-state index is -3.68. The maximum absolute atomic E-state index is 14.2. The predicted octanol–water partition coefficient (Wildman–Crippen LogP) is 3.62. The zero-order valence-electron chi connectivity index (χ0n) is 12.8. The summed E-state index contributed by atoms with van der Waals surface area (Å²) in [6.07, 6.45) is 0.423. The van der Waals surface area contributed by atoms with Crippen LogP contribution in [-0.4, -0.2) is 27.1 Å². The molecule has 1 unspecified atom stereocenters. The highest BCUT2D eigenvalue weighted by molar-refractivity contribution is 9.10. The van der Waals surface area contributed by atoms with Gasteiger partial charge in [0.1, 0.15) is 17.2 Å². The quantitative estimate of drug-likeness (QED) is 0.523. The molecule has 1 aromatic rings. The molecule has 2 N–H and O–H groups in total. The van der Waals surface area contributed by atoms with E-state index in [4.69, 9.17) is 0 Å². The van der Waals surface area contributed by atoms with Gasteiger partial charge in [-0.2, -0.15) is 0 Å². The van der Waals surface area contributed by atoms with Gasteiger partial charge < -0.3 is 5.11 Å². The summed E-state index contributed by atoms with van der Waals surface area (Å²) in [4.78, 5) is 0. The highest BCUT2D eigenvalue weighted by atomic mass is 79.9. The zero-order valence-corrected chi connectivity index (χ0v) is 15.2. The fraction of sp³-hybridized carbons (Fsp3) is 0.571. The standard InChI is InChI=1S/C14H18BrF4NO2S/c1-4-8(2)23(22)20-14(7-21,13(3,18)19)9-5-10(15)12(17)6-11(9)16/h5-6,8,20-21H,4,7H2,1-3H3/t8-,14+,23?/m1/s1. The summed E-state index contributed by atoms with van der Waals surface area (Å²) in [6.45, 7) is 2.52. The summed E-state index contributed by atoms with van der Waals surface area (Å²) in [5.41, 5.74) is -3.32. The van der Waals surface area contributed by atoms with Gasteiger partial charge in [-0.3, -0.25) is 0 Å². The Balaban J connectivity index is 3.53. The topological polar surface area (TPSA) is 49.3 Å². The van der Waals surface area contributed by atoms with Crippen molar-refractivity contribution in [2.24, 2.45) is 0 Å². The maximum Gasteiger partial charge on any atom is 0.270 e. The lowest BCUT2D eigenvalue weighted by Gasteiger charge is -2.38. The van der Waals surface area contributed by atoms with Gasteiger partial charge in [-0.25, -0.2) is 26.5 Å². The van der Waals surface area contributed by atoms with Gasteiger partial charge in [-0.1, -0.05) is 6.92 Å². The zero-order chi connectivity index (χ0) is 18.0. The van der Waals surface area contributed by atoms with Crippen LogP contribution < -0.4 is 4.72 Å². The van der Waals surface area contributed by atoms with Crippen molar-refractivity contribution in [1.82, 2.24) is 4.72 Å². The Hall–Kier alpha value is -0.510. The molecule has 1 rings (SSSR count). The second-order valence-electron chi connectivity index (χ2n) is 5.32. The molecule has 0 heterocycles. The van der Waals surface area contributed by atoms with Crippen molar-refractivity contribution >= 4 is 26.9 Å². The minimum Gasteiger partial charge on any atom is -0.394 e. The van der Waals surface area contributed by atoms with Crippen LogP contribution in [-0.2, 0) is 16.5 Å². The van der Waals surface area contributed by atoms with Crippen LogP contribution >= 0.6 is 15.9 Å². The van der Waals surface area contributed by atoms with Gasteiger partial charge in [0.05, 0.1) is 22.1 Å². The molecule has 3 atom stereocenters. The molecule has 0 saturated heterocycles. The number of benzene rings is 1. The third-order valence-corrected chi connectivity index (χ3v) is 5.89. The highest BCUT2D eigenvalue weighted by Crippen LogP contribution is 2.40. The molecule has 9 heteroatoms. The molecule has 0 fully saturated rings. The minimum absolute atomic E-state index is 0.243. The lowest BCUT2D eigenvalue weighted by Crippen LogP contribution is -2.59. The Morgan fingerprint density at radius 2 is 1.91 bits per heavy atom. The molecule has 0 aromatic heterocycles. The Labute approximate surface area is 143 Å². The van der Waals surface area contributed by atoms with Crippen LogP contribution in [0.2, 0.25) is 0 Å². The summed E-state index contributed by atoms with van der Waals surface area (Å²) in [6, 6.07) is 1.25. The van der Waals surface area contributed by atoms with Crippen molar-refractivity contribution in [3.05, 3.63) is 33.8 Å². The molecule has 0 aliphatic rings. The molecule has 0 aliphatic heterocycles. The first-order valence-corrected chi connectivity index (χ1v) is 8.82. The smallest absolute Gasteiger partial charge is 0.270 e. The third kappa shape index (κ3) is 4.12. The van der Waals surface area contributed by atoms with Crippen LogP contribution in [0.5, 0.6) is 0 Å². The Morgan fingerprint density at radius 3 is 2.35 bits per heavy atom. The predicted molar refractivity (Wildman–Crippen MR) is 84.5 cm³/mol. The SMILES string of the molecule is CC[C@@H](C)S(=O)N[C@@](CO)(c1cc(Br)c(F)cc1F)C(C)(F)F. The second-order valence-corrected chi connectivity index (χ2v) is 7.77. The summed E-state index contributed by atoms with van der Waals surface area (Å²) in [5, 5.41) is 9.10. The van der Waals surface area contributed by atoms with E-state index in [0.717, 1.165) is 6.07 Å². The van der Waals surface area contributed by atoms with Crippen LogP contribution in [0, 0.1) is 11.6 Å². The van der Waals surface area contributed by atoms with Gasteiger partial charge in [-0.15, -0.1) is 0 Å². The van der Waals surface area contributed by atoms with E-state index in [2.05, 4.69) is 20.7 Å². The van der Waals surface area contributed by atoms with E-state index in [1.165, 1.54) is 0 Å². The second kappa shape index (κ2) is 7.58. The molecule has 0 radical (unpaired) electrons. The Morgan fingerprint density at radius 1 is 1.35 bits per heavy atom. The summed E-state index contributed by atoms with van der Waals surface area (Å²) in [5.74, 6) is -5.92. The van der Waals surface area contributed by atoms with Gasteiger partial charge in [-0.05, 0) is 35.3 Å². The van der Waals surface area contributed by atoms with E-state index in [-0.39, 0.29) is 4.47 Å². The summed E-state index contributed by atoms with van der Waals surface area (Å²) >= 11 is 2.81. The first-order chi connectivity index (χ1) is 10.5. The molecule has 0 spiro atoms. The molecule has 0 amide bonds. The molecule has 132 valence electrons. The van der Waals surface area contributed by atoms with E-state index >= 15 is 0 Å². The number of hydrogen-bond acceptors (Lipinski definition) is 2. The normalized spacial score (nSPS) is 17.6. The third-order valence-electron chi connectivity index (χ3n) is 3.67. The molecule has 0 saturated carbocycles. The summed E-state index contributed by atoms with van der Waals surface area (Å²) < 4.78 is 70.1. The Bertz CT molecular complexity index is 597. The van der Waals surface area contributed by atoms with Gasteiger partial charge >= 0.3 is 0 Å². The molecule has 1 aromatic carbocycles. The molecular formula is C14H18BrF4NO2S. The van der Waals surface area contributed by atoms with Crippen LogP contribution in [0.25, 0.3) is 0 Å². The van der Waals surface area contributed by atoms with Gasteiger partial charge in [0.15, 0.2) is 0 Å². The van der Waals surface area contributed by atoms with Crippen LogP contribution in [0.15, 0.2) is 16.6 Å². The molecule has 23 heavy (non-hydrogen) atoms. The lowest BCUT2D eigenvalue weighted by molar-refractivity contribution is -0.0899. The molecule has 0 aliphatic carbocycles. The first-order valence-electron chi connectivity index (χ1n) is 6.82. The largest absolute Gasteiger partial charge is 0.394 e. The van der Waals surface area contributed by atoms with E-state index in [9.17, 15) is 26.9 Å². The molecule has 3 nitrogen and oxygen atoms in total. The fourth-order valence-electron chi connectivity index (χ4n) is 1.91. The van der Waals surface area contributed by atoms with Gasteiger partial charge in [0, 0.05) is 23.8 Å². The summed E-state index contributed by atoms with van der Waals surface area (Å²) in [7, 11) is -1.97. The molecule has 0 bridgehead atoms. The highest BCUT2D eigenvalue weighted by Gasteiger charge is 2.54. The van der Waals surface area contributed by atoms with Crippen LogP contribution in [0.1, 0.15) is 32.8 Å². The number of aliphatic hydroxyl groups is 1. The van der Waals surface area contributed by atoms with Gasteiger partial charge in [0.25, 0.3) is 5.92 Å². The fourth-order valence-corrected chi connectivity index (χ4v) is 3.46. The average molecular weight is 420 g/mol. The van der Waals surface area contributed by atoms with Gasteiger partial charge in [0.2, 0.25) is 0 Å². The number of nitrogens with one attached hydrogen (secondary N) is 1. The van der Waals surface area contributed by atoms with Crippen molar-refractivity contribution in [1.29, 1.82) is 0 Å². The van der Waals surface area contributed by atoms with Crippen molar-refractivity contribution in [2.75, 3.05) is 6.61 Å². The monoisotopic (exact) mass is 419 g/mol. The Kier molecular flexibility index (Phi) is 6.77. The van der Waals surface area contributed by atoms with E-state index in [1.807, 2.05) is 0 Å². The molecular weight excluding hydrogens is 402 g/mol. The number of halogens is 5. The van der Waals surface area contributed by atoms with Crippen molar-refractivity contribution in [3.63, 3.8) is 0 Å². The van der Waals surface area contributed by atoms with E-state index in [0.29, 0.717) is 19.4 Å². The number of rotatable bonds is 7. The first kappa shape index (κ1) is 20.5. The van der Waals surface area contributed by atoms with Crippen molar-refractivity contribution in [2.45, 2.75) is 43.9 Å². The maximum atomic E-state index is 14.2. The van der Waals surface area contributed by atoms with Crippen molar-refractivity contribution in [3.8, 4) is 0 Å². The van der Waals surface area contributed by atoms with Crippen LogP contribution in [0.4, 0.5) is 17.6 Å². The van der Waals surface area contributed by atoms with E-state index in [1.54, 1.807) is 13.8 Å².